The average Bonchev–Trinajstić information content (AvgIpc) is 3.01. The number of halogens is 1. The molecule has 0 amide bonds. The Hall–Kier alpha value is -2.08. The van der Waals surface area contributed by atoms with Gasteiger partial charge in [-0.1, -0.05) is 0 Å². The molecule has 4 heterocycles. The standard InChI is InChI=1S/C22H26FNO4/c1-3-26-21(25)18-13(2)27-17-12-16(23)20-15(19(17)18)11-14-7-6-10-24-9-5-4-8-22(14,24)28-20/h12,14H,3-11H2,1-2H3. The van der Waals surface area contributed by atoms with Crippen LogP contribution in [0, 0.1) is 18.7 Å². The monoisotopic (exact) mass is 387 g/mol. The smallest absolute Gasteiger partial charge is 0.342 e. The number of hydrogen-bond donors (Lipinski definition) is 0. The highest BCUT2D eigenvalue weighted by Gasteiger charge is 2.53. The Morgan fingerprint density at radius 3 is 3.00 bits per heavy atom. The molecule has 1 spiro atoms. The molecule has 2 atom stereocenters. The van der Waals surface area contributed by atoms with Gasteiger partial charge in [-0.3, -0.25) is 4.90 Å². The second-order valence-corrected chi connectivity index (χ2v) is 8.23. The summed E-state index contributed by atoms with van der Waals surface area (Å²) in [5, 5.41) is 0.662. The van der Waals surface area contributed by atoms with E-state index in [0.717, 1.165) is 44.3 Å². The summed E-state index contributed by atoms with van der Waals surface area (Å²) in [5.41, 5.74) is 1.16. The minimum atomic E-state index is -0.421. The van der Waals surface area contributed by atoms with E-state index in [-0.39, 0.29) is 6.61 Å². The molecule has 2 aromatic rings. The van der Waals surface area contributed by atoms with Crippen LogP contribution in [0.2, 0.25) is 0 Å². The van der Waals surface area contributed by atoms with Gasteiger partial charge in [-0.25, -0.2) is 9.18 Å². The van der Waals surface area contributed by atoms with E-state index >= 15 is 4.39 Å². The van der Waals surface area contributed by atoms with Gasteiger partial charge in [0.05, 0.1) is 6.61 Å². The molecule has 5 nitrogen and oxygen atoms in total. The molecule has 2 saturated heterocycles. The molecule has 1 aromatic carbocycles. The number of benzene rings is 1. The van der Waals surface area contributed by atoms with E-state index in [0.29, 0.717) is 40.4 Å². The number of piperidine rings is 2. The van der Waals surface area contributed by atoms with Gasteiger partial charge in [0.2, 0.25) is 0 Å². The van der Waals surface area contributed by atoms with Crippen LogP contribution >= 0.6 is 0 Å². The van der Waals surface area contributed by atoms with E-state index in [1.54, 1.807) is 13.8 Å². The Labute approximate surface area is 163 Å². The predicted octanol–water partition coefficient (Wildman–Crippen LogP) is 4.58. The molecule has 28 heavy (non-hydrogen) atoms. The summed E-state index contributed by atoms with van der Waals surface area (Å²) in [4.78, 5) is 15.0. The van der Waals surface area contributed by atoms with Gasteiger partial charge < -0.3 is 13.9 Å². The number of ether oxygens (including phenoxy) is 2. The van der Waals surface area contributed by atoms with E-state index in [2.05, 4.69) is 4.90 Å². The van der Waals surface area contributed by atoms with Crippen molar-refractivity contribution >= 4 is 16.9 Å². The highest BCUT2D eigenvalue weighted by atomic mass is 19.1. The van der Waals surface area contributed by atoms with E-state index in [9.17, 15) is 4.79 Å². The van der Waals surface area contributed by atoms with Crippen molar-refractivity contribution < 1.29 is 23.1 Å². The number of nitrogens with zero attached hydrogens (tertiary/aromatic N) is 1. The second kappa shape index (κ2) is 6.48. The van der Waals surface area contributed by atoms with Gasteiger partial charge >= 0.3 is 5.97 Å². The van der Waals surface area contributed by atoms with Crippen molar-refractivity contribution in [2.24, 2.45) is 5.92 Å². The summed E-state index contributed by atoms with van der Waals surface area (Å²) >= 11 is 0. The molecule has 5 rings (SSSR count). The number of hydrogen-bond acceptors (Lipinski definition) is 5. The fourth-order valence-electron chi connectivity index (χ4n) is 5.59. The normalized spacial score (nSPS) is 26.9. The lowest BCUT2D eigenvalue weighted by Crippen LogP contribution is -2.64. The minimum Gasteiger partial charge on any atom is -0.469 e. The molecule has 2 fully saturated rings. The van der Waals surface area contributed by atoms with Crippen LogP contribution in [0.5, 0.6) is 5.75 Å². The number of carbonyl (C=O) groups is 1. The van der Waals surface area contributed by atoms with E-state index in [4.69, 9.17) is 13.9 Å². The van der Waals surface area contributed by atoms with Gasteiger partial charge in [-0.2, -0.15) is 0 Å². The van der Waals surface area contributed by atoms with Gasteiger partial charge in [0.25, 0.3) is 0 Å². The van der Waals surface area contributed by atoms with Crippen molar-refractivity contribution in [1.82, 2.24) is 4.90 Å². The maximum absolute atomic E-state index is 15.1. The third-order valence-corrected chi connectivity index (χ3v) is 6.74. The fourth-order valence-corrected chi connectivity index (χ4v) is 5.59. The Balaban J connectivity index is 1.70. The van der Waals surface area contributed by atoms with Crippen LogP contribution in [0.4, 0.5) is 4.39 Å². The molecule has 150 valence electrons. The van der Waals surface area contributed by atoms with Crippen molar-refractivity contribution in [3.05, 3.63) is 28.8 Å². The summed E-state index contributed by atoms with van der Waals surface area (Å²) in [5.74, 6) is 0.226. The largest absolute Gasteiger partial charge is 0.469 e. The molecular weight excluding hydrogens is 361 g/mol. The molecule has 0 bridgehead atoms. The van der Waals surface area contributed by atoms with Gasteiger partial charge in [0, 0.05) is 42.4 Å². The van der Waals surface area contributed by atoms with Crippen molar-refractivity contribution in [1.29, 1.82) is 0 Å². The first kappa shape index (κ1) is 18.0. The zero-order valence-electron chi connectivity index (χ0n) is 16.5. The number of carbonyl (C=O) groups excluding carboxylic acids is 1. The minimum absolute atomic E-state index is 0.283. The van der Waals surface area contributed by atoms with E-state index < -0.39 is 17.5 Å². The van der Waals surface area contributed by atoms with Crippen LogP contribution in [0.3, 0.4) is 0 Å². The first-order chi connectivity index (χ1) is 13.5. The van der Waals surface area contributed by atoms with Crippen molar-refractivity contribution in [2.45, 2.75) is 58.1 Å². The maximum Gasteiger partial charge on any atom is 0.342 e. The summed E-state index contributed by atoms with van der Waals surface area (Å²) in [7, 11) is 0. The molecule has 2 unspecified atom stereocenters. The number of aryl methyl sites for hydroxylation is 1. The molecule has 0 aliphatic carbocycles. The van der Waals surface area contributed by atoms with Crippen LogP contribution in [0.15, 0.2) is 10.5 Å². The lowest BCUT2D eigenvalue weighted by molar-refractivity contribution is -0.178. The first-order valence-corrected chi connectivity index (χ1v) is 10.4. The Morgan fingerprint density at radius 1 is 1.36 bits per heavy atom. The Bertz CT molecular complexity index is 950. The lowest BCUT2D eigenvalue weighted by Gasteiger charge is -2.56. The summed E-state index contributed by atoms with van der Waals surface area (Å²) in [6, 6.07) is 1.36. The van der Waals surface area contributed by atoms with Crippen LogP contribution in [-0.2, 0) is 11.2 Å². The maximum atomic E-state index is 15.1. The van der Waals surface area contributed by atoms with Crippen LogP contribution in [0.25, 0.3) is 11.0 Å². The molecule has 3 aliphatic rings. The van der Waals surface area contributed by atoms with Gasteiger partial charge in [-0.15, -0.1) is 0 Å². The highest BCUT2D eigenvalue weighted by molar-refractivity contribution is 6.06. The topological polar surface area (TPSA) is 51.9 Å². The average molecular weight is 387 g/mol. The molecule has 3 aliphatic heterocycles. The number of rotatable bonds is 2. The van der Waals surface area contributed by atoms with E-state index in [1.807, 2.05) is 0 Å². The zero-order chi connectivity index (χ0) is 19.5. The molecule has 0 N–H and O–H groups in total. The summed E-state index contributed by atoms with van der Waals surface area (Å²) < 4.78 is 32.6. The summed E-state index contributed by atoms with van der Waals surface area (Å²) in [6.07, 6.45) is 6.08. The molecule has 0 radical (unpaired) electrons. The third kappa shape index (κ3) is 2.43. The van der Waals surface area contributed by atoms with Crippen LogP contribution in [0.1, 0.15) is 60.7 Å². The van der Waals surface area contributed by atoms with Crippen molar-refractivity contribution in [3.63, 3.8) is 0 Å². The van der Waals surface area contributed by atoms with Crippen molar-refractivity contribution in [2.75, 3.05) is 19.7 Å². The Kier molecular flexibility index (Phi) is 4.16. The van der Waals surface area contributed by atoms with Gasteiger partial charge in [0.15, 0.2) is 17.3 Å². The fraction of sp³-hybridized carbons (Fsp3) is 0.591. The van der Waals surface area contributed by atoms with Gasteiger partial charge in [-0.05, 0) is 46.0 Å². The van der Waals surface area contributed by atoms with Crippen molar-refractivity contribution in [3.8, 4) is 5.75 Å². The zero-order valence-corrected chi connectivity index (χ0v) is 16.5. The van der Waals surface area contributed by atoms with Crippen LogP contribution < -0.4 is 4.74 Å². The first-order valence-electron chi connectivity index (χ1n) is 10.4. The highest BCUT2D eigenvalue weighted by Crippen LogP contribution is 2.51. The number of furan rings is 1. The van der Waals surface area contributed by atoms with Gasteiger partial charge in [0.1, 0.15) is 16.9 Å². The molecule has 6 heteroatoms. The summed E-state index contributed by atoms with van der Waals surface area (Å²) in [6.45, 7) is 5.80. The number of fused-ring (bicyclic) bond motifs is 3. The van der Waals surface area contributed by atoms with Crippen LogP contribution in [-0.4, -0.2) is 36.3 Å². The third-order valence-electron chi connectivity index (χ3n) is 6.74. The molecule has 0 saturated carbocycles. The SMILES string of the molecule is CCOC(=O)c1c(C)oc2cc(F)c3c(c12)CC1CCCN2CCCCC12O3. The lowest BCUT2D eigenvalue weighted by atomic mass is 9.74. The molecule has 1 aromatic heterocycles. The second-order valence-electron chi connectivity index (χ2n) is 8.23. The quantitative estimate of drug-likeness (QED) is 0.706. The predicted molar refractivity (Wildman–Crippen MR) is 102 cm³/mol. The molecular formula is C22H26FNO4. The van der Waals surface area contributed by atoms with E-state index in [1.165, 1.54) is 12.5 Å². The number of esters is 1. The Morgan fingerprint density at radius 2 is 2.18 bits per heavy atom.